The van der Waals surface area contributed by atoms with Gasteiger partial charge in [0, 0.05) is 11.9 Å². The minimum absolute atomic E-state index is 1.17. The maximum absolute atomic E-state index is 4.34. The Hall–Kier alpha value is -0.720. The fourth-order valence-electron chi connectivity index (χ4n) is 4.58. The lowest BCUT2D eigenvalue weighted by atomic mass is 10.0. The van der Waals surface area contributed by atoms with Crippen molar-refractivity contribution in [1.82, 2.24) is 5.32 Å². The first-order valence-electron chi connectivity index (χ1n) is 14.0. The first kappa shape index (κ1) is 27.3. The second-order valence-corrected chi connectivity index (χ2v) is 9.66. The number of hydrogen-bond donors (Lipinski definition) is 0. The SMILES string of the molecule is CCCCCCCCCCCCCCCCCCCCCCCCCC1=CC=C[N]1. The van der Waals surface area contributed by atoms with Gasteiger partial charge in [-0.3, -0.25) is 5.32 Å². The largest absolute Gasteiger partial charge is 0.261 e. The lowest BCUT2D eigenvalue weighted by Crippen LogP contribution is -1.92. The normalized spacial score (nSPS) is 13.0. The van der Waals surface area contributed by atoms with E-state index in [4.69, 9.17) is 0 Å². The minimum Gasteiger partial charge on any atom is -0.261 e. The summed E-state index contributed by atoms with van der Waals surface area (Å²) in [6.07, 6.45) is 40.7. The Bertz CT molecular complexity index is 395. The predicted octanol–water partition coefficient (Wildman–Crippen LogP) is 10.4. The second-order valence-electron chi connectivity index (χ2n) is 9.66. The van der Waals surface area contributed by atoms with Crippen LogP contribution in [0.5, 0.6) is 0 Å². The maximum Gasteiger partial charge on any atom is 0.0404 e. The molecule has 1 aliphatic rings. The van der Waals surface area contributed by atoms with E-state index < -0.39 is 0 Å². The molecule has 0 unspecified atom stereocenters. The van der Waals surface area contributed by atoms with Crippen molar-refractivity contribution in [1.29, 1.82) is 0 Å². The smallest absolute Gasteiger partial charge is 0.0404 e. The fourth-order valence-corrected chi connectivity index (χ4v) is 4.58. The second kappa shape index (κ2) is 23.0. The lowest BCUT2D eigenvalue weighted by Gasteiger charge is -2.04. The van der Waals surface area contributed by atoms with Gasteiger partial charge in [-0.1, -0.05) is 148 Å². The molecule has 0 aromatic rings. The van der Waals surface area contributed by atoms with Gasteiger partial charge in [0.25, 0.3) is 0 Å². The van der Waals surface area contributed by atoms with Gasteiger partial charge < -0.3 is 0 Å². The molecule has 0 N–H and O–H groups in total. The zero-order valence-electron chi connectivity index (χ0n) is 20.6. The molecule has 0 bridgehead atoms. The van der Waals surface area contributed by atoms with Crippen LogP contribution in [0.15, 0.2) is 24.0 Å². The summed E-state index contributed by atoms with van der Waals surface area (Å²) in [5.74, 6) is 0. The molecule has 175 valence electrons. The van der Waals surface area contributed by atoms with Crippen molar-refractivity contribution in [2.75, 3.05) is 0 Å². The van der Waals surface area contributed by atoms with Crippen molar-refractivity contribution in [2.45, 2.75) is 161 Å². The van der Waals surface area contributed by atoms with E-state index in [1.807, 2.05) is 12.3 Å². The summed E-state index contributed by atoms with van der Waals surface area (Å²) in [7, 11) is 0. The van der Waals surface area contributed by atoms with Gasteiger partial charge in [-0.25, -0.2) is 0 Å². The van der Waals surface area contributed by atoms with Crippen LogP contribution in [0.3, 0.4) is 0 Å². The molecule has 0 aliphatic carbocycles. The van der Waals surface area contributed by atoms with Crippen LogP contribution in [0.25, 0.3) is 0 Å². The molecule has 0 atom stereocenters. The number of rotatable bonds is 24. The van der Waals surface area contributed by atoms with Crippen LogP contribution >= 0.6 is 0 Å². The van der Waals surface area contributed by atoms with Crippen LogP contribution in [-0.2, 0) is 0 Å². The van der Waals surface area contributed by atoms with Crippen molar-refractivity contribution in [2.24, 2.45) is 0 Å². The van der Waals surface area contributed by atoms with E-state index in [-0.39, 0.29) is 0 Å². The average Bonchev–Trinajstić information content (AvgIpc) is 3.28. The molecule has 30 heavy (non-hydrogen) atoms. The first-order chi connectivity index (χ1) is 14.9. The third kappa shape index (κ3) is 19.3. The topological polar surface area (TPSA) is 14.1 Å². The van der Waals surface area contributed by atoms with Crippen molar-refractivity contribution < 1.29 is 0 Å². The van der Waals surface area contributed by atoms with Crippen molar-refractivity contribution in [3.05, 3.63) is 24.0 Å². The van der Waals surface area contributed by atoms with E-state index in [0.717, 1.165) is 0 Å². The van der Waals surface area contributed by atoms with Crippen LogP contribution in [0, 0.1) is 0 Å². The van der Waals surface area contributed by atoms with Crippen LogP contribution in [0.4, 0.5) is 0 Å². The third-order valence-electron chi connectivity index (χ3n) is 6.65. The van der Waals surface area contributed by atoms with Crippen molar-refractivity contribution >= 4 is 0 Å². The van der Waals surface area contributed by atoms with Gasteiger partial charge in [0.15, 0.2) is 0 Å². The molecule has 1 aliphatic heterocycles. The molecule has 0 spiro atoms. The summed E-state index contributed by atoms with van der Waals surface area (Å²) in [4.78, 5) is 0. The van der Waals surface area contributed by atoms with E-state index in [0.29, 0.717) is 0 Å². The standard InChI is InChI=1S/C29H54N/c1-2-3-4-5-6-7-8-9-10-11-12-13-14-15-16-17-18-19-20-21-22-23-24-26-29-27-25-28-30-29/h25,27-28H,2-24,26H2,1H3. The molecule has 0 saturated heterocycles. The summed E-state index contributed by atoms with van der Waals surface area (Å²) in [6.45, 7) is 2.30. The quantitative estimate of drug-likeness (QED) is 0.139. The van der Waals surface area contributed by atoms with E-state index >= 15 is 0 Å². The summed E-state index contributed by atoms with van der Waals surface area (Å²) in [5, 5.41) is 4.34. The molecule has 0 fully saturated rings. The van der Waals surface area contributed by atoms with Crippen LogP contribution in [-0.4, -0.2) is 0 Å². The highest BCUT2D eigenvalue weighted by molar-refractivity contribution is 5.19. The van der Waals surface area contributed by atoms with Gasteiger partial charge in [-0.15, -0.1) is 0 Å². The summed E-state index contributed by atoms with van der Waals surface area (Å²) in [5.41, 5.74) is 1.28. The van der Waals surface area contributed by atoms with Crippen molar-refractivity contribution in [3.63, 3.8) is 0 Å². The molecule has 1 rings (SSSR count). The highest BCUT2D eigenvalue weighted by atomic mass is 14.9. The average molecular weight is 417 g/mol. The fraction of sp³-hybridized carbons (Fsp3) is 0.862. The lowest BCUT2D eigenvalue weighted by molar-refractivity contribution is 0.518. The van der Waals surface area contributed by atoms with Gasteiger partial charge in [0.2, 0.25) is 0 Å². The molecule has 0 amide bonds. The van der Waals surface area contributed by atoms with E-state index in [1.165, 1.54) is 160 Å². The Morgan fingerprint density at radius 1 is 0.467 bits per heavy atom. The molecule has 0 saturated carbocycles. The zero-order chi connectivity index (χ0) is 21.4. The molecule has 1 radical (unpaired) electrons. The van der Waals surface area contributed by atoms with Crippen LogP contribution in [0.1, 0.15) is 161 Å². The van der Waals surface area contributed by atoms with Crippen molar-refractivity contribution in [3.8, 4) is 0 Å². The highest BCUT2D eigenvalue weighted by Gasteiger charge is 2.00. The molecular weight excluding hydrogens is 362 g/mol. The molecule has 1 heteroatoms. The van der Waals surface area contributed by atoms with Crippen LogP contribution < -0.4 is 5.32 Å². The van der Waals surface area contributed by atoms with Gasteiger partial charge >= 0.3 is 0 Å². The Labute approximate surface area is 190 Å². The summed E-state index contributed by atoms with van der Waals surface area (Å²) in [6, 6.07) is 0. The number of unbranched alkanes of at least 4 members (excludes halogenated alkanes) is 22. The number of allylic oxidation sites excluding steroid dienone is 3. The number of hydrogen-bond acceptors (Lipinski definition) is 0. The van der Waals surface area contributed by atoms with Gasteiger partial charge in [-0.2, -0.15) is 0 Å². The number of nitrogens with zero attached hydrogens (tertiary/aromatic N) is 1. The minimum atomic E-state index is 1.17. The van der Waals surface area contributed by atoms with Crippen LogP contribution in [0.2, 0.25) is 0 Å². The Balaban J connectivity index is 1.62. The molecule has 0 aromatic heterocycles. The Kier molecular flexibility index (Phi) is 20.9. The van der Waals surface area contributed by atoms with E-state index in [2.05, 4.69) is 18.3 Å². The summed E-state index contributed by atoms with van der Waals surface area (Å²) < 4.78 is 0. The highest BCUT2D eigenvalue weighted by Crippen LogP contribution is 2.16. The summed E-state index contributed by atoms with van der Waals surface area (Å²) >= 11 is 0. The van der Waals surface area contributed by atoms with E-state index in [1.54, 1.807) is 0 Å². The molecule has 1 heterocycles. The first-order valence-corrected chi connectivity index (χ1v) is 14.0. The van der Waals surface area contributed by atoms with Gasteiger partial charge in [0.1, 0.15) is 0 Å². The molecule has 1 nitrogen and oxygen atoms in total. The molecule has 0 aromatic carbocycles. The zero-order valence-corrected chi connectivity index (χ0v) is 20.6. The van der Waals surface area contributed by atoms with Gasteiger partial charge in [0.05, 0.1) is 0 Å². The Morgan fingerprint density at radius 3 is 1.10 bits per heavy atom. The van der Waals surface area contributed by atoms with Gasteiger partial charge in [-0.05, 0) is 25.0 Å². The Morgan fingerprint density at radius 2 is 0.800 bits per heavy atom. The third-order valence-corrected chi connectivity index (χ3v) is 6.65. The maximum atomic E-state index is 4.34. The predicted molar refractivity (Wildman–Crippen MR) is 136 cm³/mol. The molecular formula is C29H54N. The van der Waals surface area contributed by atoms with E-state index in [9.17, 15) is 0 Å². The monoisotopic (exact) mass is 416 g/mol.